The number of rotatable bonds is 4. The monoisotopic (exact) mass is 567 g/mol. The van der Waals surface area contributed by atoms with Crippen LogP contribution < -0.4 is 4.74 Å². The van der Waals surface area contributed by atoms with Gasteiger partial charge >= 0.3 is 0 Å². The molecule has 0 spiro atoms. The highest BCUT2D eigenvalue weighted by Crippen LogP contribution is 2.48. The highest BCUT2D eigenvalue weighted by Gasteiger charge is 2.36. The standard InChI is InChI=1S/C39H25N3O2/c1-3-11-24(12-4-1)37-40-38(25-13-5-2-6-14-25)42-39(41-37)31-22-27(23-35-36(31)29-16-8-10-18-33(29)44-35)26-19-20-34-30(21-26)28-15-7-9-17-32(28)43-34/h1-23,29,33H. The van der Waals surface area contributed by atoms with Gasteiger partial charge in [-0.2, -0.15) is 0 Å². The molecule has 208 valence electrons. The Hall–Kier alpha value is -5.81. The van der Waals surface area contributed by atoms with Crippen LogP contribution in [-0.4, -0.2) is 21.1 Å². The van der Waals surface area contributed by atoms with Crippen LogP contribution in [0.5, 0.6) is 5.75 Å². The van der Waals surface area contributed by atoms with Gasteiger partial charge in [-0.25, -0.2) is 15.0 Å². The van der Waals surface area contributed by atoms with Crippen LogP contribution in [0.25, 0.3) is 67.2 Å². The molecule has 0 radical (unpaired) electrons. The molecule has 2 atom stereocenters. The molecule has 3 heterocycles. The summed E-state index contributed by atoms with van der Waals surface area (Å²) in [5.74, 6) is 2.81. The van der Waals surface area contributed by atoms with Crippen LogP contribution in [-0.2, 0) is 0 Å². The van der Waals surface area contributed by atoms with Crippen LogP contribution in [0.3, 0.4) is 0 Å². The Morgan fingerprint density at radius 2 is 1.16 bits per heavy atom. The van der Waals surface area contributed by atoms with Crippen molar-refractivity contribution in [3.05, 3.63) is 145 Å². The van der Waals surface area contributed by atoms with Gasteiger partial charge in [-0.1, -0.05) is 103 Å². The molecule has 2 aliphatic rings. The molecule has 44 heavy (non-hydrogen) atoms. The smallest absolute Gasteiger partial charge is 0.164 e. The second-order valence-electron chi connectivity index (χ2n) is 11.2. The van der Waals surface area contributed by atoms with E-state index in [-0.39, 0.29) is 12.0 Å². The zero-order chi connectivity index (χ0) is 29.0. The molecule has 7 aromatic rings. The Labute approximate surface area is 253 Å². The Kier molecular flexibility index (Phi) is 5.56. The van der Waals surface area contributed by atoms with Crippen LogP contribution in [0.1, 0.15) is 11.5 Å². The Balaban J connectivity index is 1.29. The topological polar surface area (TPSA) is 61.0 Å². The van der Waals surface area contributed by atoms with E-state index in [1.807, 2.05) is 84.9 Å². The minimum Gasteiger partial charge on any atom is -0.485 e. The highest BCUT2D eigenvalue weighted by atomic mass is 16.5. The summed E-state index contributed by atoms with van der Waals surface area (Å²) < 4.78 is 12.7. The molecule has 0 amide bonds. The molecule has 0 saturated heterocycles. The fraction of sp³-hybridized carbons (Fsp3) is 0.0513. The van der Waals surface area contributed by atoms with Crippen LogP contribution >= 0.6 is 0 Å². The van der Waals surface area contributed by atoms with E-state index in [0.29, 0.717) is 17.5 Å². The quantitative estimate of drug-likeness (QED) is 0.212. The zero-order valence-electron chi connectivity index (χ0n) is 23.6. The third kappa shape index (κ3) is 4.05. The van der Waals surface area contributed by atoms with Gasteiger partial charge in [0.1, 0.15) is 23.0 Å². The van der Waals surface area contributed by atoms with Crippen molar-refractivity contribution < 1.29 is 9.15 Å². The Bertz CT molecular complexity index is 2210. The second-order valence-corrected chi connectivity index (χ2v) is 11.2. The van der Waals surface area contributed by atoms with Gasteiger partial charge < -0.3 is 9.15 Å². The lowest BCUT2D eigenvalue weighted by Crippen LogP contribution is -2.16. The summed E-state index contributed by atoms with van der Waals surface area (Å²) >= 11 is 0. The van der Waals surface area contributed by atoms with E-state index in [2.05, 4.69) is 54.6 Å². The van der Waals surface area contributed by atoms with E-state index >= 15 is 0 Å². The van der Waals surface area contributed by atoms with Crippen molar-refractivity contribution in [3.63, 3.8) is 0 Å². The van der Waals surface area contributed by atoms with E-state index in [4.69, 9.17) is 24.1 Å². The fourth-order valence-electron chi connectivity index (χ4n) is 6.36. The third-order valence-electron chi connectivity index (χ3n) is 8.47. The number of aromatic nitrogens is 3. The molecule has 9 rings (SSSR count). The summed E-state index contributed by atoms with van der Waals surface area (Å²) in [4.78, 5) is 15.1. The minimum absolute atomic E-state index is 0.0662. The van der Waals surface area contributed by atoms with Gasteiger partial charge in [0.2, 0.25) is 0 Å². The highest BCUT2D eigenvalue weighted by molar-refractivity contribution is 6.06. The summed E-state index contributed by atoms with van der Waals surface area (Å²) in [5, 5.41) is 2.18. The molecule has 5 heteroatoms. The Morgan fingerprint density at radius 3 is 1.93 bits per heavy atom. The summed E-state index contributed by atoms with van der Waals surface area (Å²) in [6.07, 6.45) is 8.40. The maximum Gasteiger partial charge on any atom is 0.164 e. The van der Waals surface area contributed by atoms with E-state index in [0.717, 1.165) is 61.1 Å². The lowest BCUT2D eigenvalue weighted by atomic mass is 9.86. The predicted octanol–water partition coefficient (Wildman–Crippen LogP) is 9.41. The molecule has 5 aromatic carbocycles. The molecule has 2 unspecified atom stereocenters. The van der Waals surface area contributed by atoms with Crippen LogP contribution in [0.15, 0.2) is 144 Å². The molecule has 1 aliphatic heterocycles. The summed E-state index contributed by atoms with van der Waals surface area (Å²) in [5.41, 5.74) is 7.76. The van der Waals surface area contributed by atoms with Gasteiger partial charge in [0.05, 0.1) is 0 Å². The number of benzene rings is 5. The SMILES string of the molecule is C1=CC2Oc3cc(-c4ccc5oc6ccccc6c5c4)cc(-c4nc(-c5ccccc5)nc(-c5ccccc5)n4)c3C2C=C1. The number of hydrogen-bond acceptors (Lipinski definition) is 5. The van der Waals surface area contributed by atoms with E-state index in [1.165, 1.54) is 0 Å². The van der Waals surface area contributed by atoms with Gasteiger partial charge in [0.15, 0.2) is 17.5 Å². The van der Waals surface area contributed by atoms with Crippen molar-refractivity contribution in [2.45, 2.75) is 12.0 Å². The first-order valence-corrected chi connectivity index (χ1v) is 14.8. The van der Waals surface area contributed by atoms with Gasteiger partial charge in [0.25, 0.3) is 0 Å². The number of para-hydroxylation sites is 1. The van der Waals surface area contributed by atoms with Crippen molar-refractivity contribution in [2.75, 3.05) is 0 Å². The van der Waals surface area contributed by atoms with Crippen LogP contribution in [0.4, 0.5) is 0 Å². The molecule has 5 nitrogen and oxygen atoms in total. The minimum atomic E-state index is -0.0756. The van der Waals surface area contributed by atoms with E-state index in [9.17, 15) is 0 Å². The number of ether oxygens (including phenoxy) is 1. The summed E-state index contributed by atoms with van der Waals surface area (Å²) in [6.45, 7) is 0. The second kappa shape index (κ2) is 9.89. The number of furan rings is 1. The molecule has 0 saturated carbocycles. The molecule has 1 aliphatic carbocycles. The molecule has 0 N–H and O–H groups in total. The lowest BCUT2D eigenvalue weighted by Gasteiger charge is -2.16. The number of hydrogen-bond donors (Lipinski definition) is 0. The van der Waals surface area contributed by atoms with Crippen molar-refractivity contribution in [3.8, 4) is 51.0 Å². The lowest BCUT2D eigenvalue weighted by molar-refractivity contribution is 0.269. The summed E-state index contributed by atoms with van der Waals surface area (Å²) in [7, 11) is 0. The maximum atomic E-state index is 6.58. The van der Waals surface area contributed by atoms with Crippen molar-refractivity contribution in [2.24, 2.45) is 0 Å². The van der Waals surface area contributed by atoms with Crippen molar-refractivity contribution in [1.29, 1.82) is 0 Å². The normalized spacial score (nSPS) is 16.6. The first-order chi connectivity index (χ1) is 21.8. The number of allylic oxidation sites excluding steroid dienone is 2. The molecular weight excluding hydrogens is 542 g/mol. The third-order valence-corrected chi connectivity index (χ3v) is 8.47. The van der Waals surface area contributed by atoms with Crippen molar-refractivity contribution >= 4 is 21.9 Å². The fourth-order valence-corrected chi connectivity index (χ4v) is 6.36. The van der Waals surface area contributed by atoms with Crippen LogP contribution in [0.2, 0.25) is 0 Å². The predicted molar refractivity (Wildman–Crippen MR) is 174 cm³/mol. The van der Waals surface area contributed by atoms with E-state index in [1.54, 1.807) is 0 Å². The molecule has 0 bridgehead atoms. The molecule has 0 fully saturated rings. The van der Waals surface area contributed by atoms with Crippen molar-refractivity contribution in [1.82, 2.24) is 15.0 Å². The molecule has 2 aromatic heterocycles. The van der Waals surface area contributed by atoms with Gasteiger partial charge in [-0.05, 0) is 47.5 Å². The first kappa shape index (κ1) is 24.8. The number of fused-ring (bicyclic) bond motifs is 6. The largest absolute Gasteiger partial charge is 0.485 e. The van der Waals surface area contributed by atoms with Gasteiger partial charge in [-0.3, -0.25) is 0 Å². The first-order valence-electron chi connectivity index (χ1n) is 14.8. The zero-order valence-corrected chi connectivity index (χ0v) is 23.6. The average molecular weight is 568 g/mol. The van der Waals surface area contributed by atoms with Crippen LogP contribution in [0, 0.1) is 0 Å². The molecular formula is C39H25N3O2. The number of nitrogens with zero attached hydrogens (tertiary/aromatic N) is 3. The maximum absolute atomic E-state index is 6.58. The Morgan fingerprint density at radius 1 is 0.500 bits per heavy atom. The summed E-state index contributed by atoms with van der Waals surface area (Å²) in [6, 6.07) is 39.0. The van der Waals surface area contributed by atoms with Gasteiger partial charge in [-0.15, -0.1) is 0 Å². The average Bonchev–Trinajstić information content (AvgIpc) is 3.66. The van der Waals surface area contributed by atoms with E-state index < -0.39 is 0 Å². The van der Waals surface area contributed by atoms with Gasteiger partial charge in [0, 0.05) is 38.9 Å².